The zero-order valence-corrected chi connectivity index (χ0v) is 15.8. The molecule has 1 fully saturated rings. The molecule has 0 atom stereocenters. The number of carbonyl (C=O) groups is 1. The van der Waals surface area contributed by atoms with E-state index in [1.807, 2.05) is 36.4 Å². The Bertz CT molecular complexity index is 932. The van der Waals surface area contributed by atoms with Gasteiger partial charge in [-0.2, -0.15) is 0 Å². The van der Waals surface area contributed by atoms with E-state index < -0.39 is 0 Å². The molecule has 26 heavy (non-hydrogen) atoms. The van der Waals surface area contributed by atoms with Gasteiger partial charge in [-0.15, -0.1) is 0 Å². The highest BCUT2D eigenvalue weighted by Gasteiger charge is 2.32. The lowest BCUT2D eigenvalue weighted by Crippen LogP contribution is -2.33. The first-order valence-electron chi connectivity index (χ1n) is 7.75. The summed E-state index contributed by atoms with van der Waals surface area (Å²) in [7, 11) is 0. The predicted molar refractivity (Wildman–Crippen MR) is 108 cm³/mol. The number of hydrogen-bond donors (Lipinski definition) is 1. The van der Waals surface area contributed by atoms with Crippen molar-refractivity contribution in [2.24, 2.45) is 0 Å². The highest BCUT2D eigenvalue weighted by atomic mass is 35.5. The van der Waals surface area contributed by atoms with Crippen LogP contribution in [0.3, 0.4) is 0 Å². The summed E-state index contributed by atoms with van der Waals surface area (Å²) in [5, 5.41) is 3.73. The molecule has 2 aliphatic heterocycles. The van der Waals surface area contributed by atoms with Crippen molar-refractivity contribution in [3.63, 3.8) is 0 Å². The number of thioether (sulfide) groups is 1. The molecule has 2 heterocycles. The molecule has 0 bridgehead atoms. The number of benzene rings is 2. The Morgan fingerprint density at radius 2 is 2.04 bits per heavy atom. The third-order valence-electron chi connectivity index (χ3n) is 3.87. The molecule has 0 aromatic heterocycles. The van der Waals surface area contributed by atoms with Crippen LogP contribution >= 0.6 is 35.6 Å². The summed E-state index contributed by atoms with van der Waals surface area (Å²) in [6.07, 6.45) is 1.80. The third kappa shape index (κ3) is 3.38. The highest BCUT2D eigenvalue weighted by Crippen LogP contribution is 2.36. The topological polar surface area (TPSA) is 50.8 Å². The van der Waals surface area contributed by atoms with Crippen LogP contribution in [0.15, 0.2) is 47.4 Å². The first kappa shape index (κ1) is 17.2. The second kappa shape index (κ2) is 7.19. The molecule has 0 radical (unpaired) electrons. The van der Waals surface area contributed by atoms with E-state index in [2.05, 4.69) is 5.32 Å². The molecule has 2 aromatic rings. The van der Waals surface area contributed by atoms with E-state index in [1.165, 1.54) is 16.7 Å². The van der Waals surface area contributed by atoms with Gasteiger partial charge >= 0.3 is 0 Å². The summed E-state index contributed by atoms with van der Waals surface area (Å²) in [6.45, 7) is 0.474. The Balaban J connectivity index is 1.49. The molecule has 1 saturated heterocycles. The molecular formula is C18H13ClN2O3S2. The molecule has 132 valence electrons. The van der Waals surface area contributed by atoms with Crippen LogP contribution in [0.2, 0.25) is 5.02 Å². The van der Waals surface area contributed by atoms with Crippen LogP contribution in [0.1, 0.15) is 5.56 Å². The number of anilines is 1. The summed E-state index contributed by atoms with van der Waals surface area (Å²) in [6, 6.07) is 12.9. The Morgan fingerprint density at radius 3 is 2.88 bits per heavy atom. The molecule has 1 N–H and O–H groups in total. The Hall–Kier alpha value is -2.22. The zero-order chi connectivity index (χ0) is 18.1. The number of carbonyl (C=O) groups excluding carboxylic acids is 1. The van der Waals surface area contributed by atoms with Gasteiger partial charge in [-0.1, -0.05) is 53.8 Å². The van der Waals surface area contributed by atoms with Crippen LogP contribution in [0, 0.1) is 0 Å². The van der Waals surface area contributed by atoms with Crippen molar-refractivity contribution in [1.29, 1.82) is 0 Å². The minimum Gasteiger partial charge on any atom is -0.454 e. The van der Waals surface area contributed by atoms with Crippen molar-refractivity contribution in [2.75, 3.05) is 18.8 Å². The van der Waals surface area contributed by atoms with Crippen LogP contribution < -0.4 is 14.8 Å². The normalized spacial score (nSPS) is 17.3. The van der Waals surface area contributed by atoms with Gasteiger partial charge in [0.1, 0.15) is 4.32 Å². The number of ether oxygens (including phenoxy) is 2. The van der Waals surface area contributed by atoms with Crippen LogP contribution in [0.25, 0.3) is 6.08 Å². The Morgan fingerprint density at radius 1 is 1.23 bits per heavy atom. The number of rotatable bonds is 4. The van der Waals surface area contributed by atoms with Crippen molar-refractivity contribution < 1.29 is 14.3 Å². The van der Waals surface area contributed by atoms with E-state index in [0.29, 0.717) is 25.7 Å². The molecule has 2 aromatic carbocycles. The van der Waals surface area contributed by atoms with Gasteiger partial charge in [0.15, 0.2) is 11.5 Å². The van der Waals surface area contributed by atoms with E-state index in [0.717, 1.165) is 11.3 Å². The molecule has 8 heteroatoms. The Labute approximate surface area is 164 Å². The minimum absolute atomic E-state index is 0.141. The fourth-order valence-corrected chi connectivity index (χ4v) is 4.02. The molecule has 0 unspecified atom stereocenters. The molecule has 4 rings (SSSR count). The van der Waals surface area contributed by atoms with E-state index in [-0.39, 0.29) is 19.4 Å². The van der Waals surface area contributed by atoms with E-state index in [4.69, 9.17) is 33.3 Å². The molecular weight excluding hydrogens is 392 g/mol. The molecule has 2 aliphatic rings. The zero-order valence-electron chi connectivity index (χ0n) is 13.4. The number of nitrogens with one attached hydrogen (secondary N) is 1. The lowest BCUT2D eigenvalue weighted by atomic mass is 10.2. The van der Waals surface area contributed by atoms with Crippen molar-refractivity contribution in [3.8, 4) is 11.5 Å². The molecule has 0 saturated carbocycles. The minimum atomic E-state index is -0.141. The van der Waals surface area contributed by atoms with Gasteiger partial charge in [0, 0.05) is 0 Å². The summed E-state index contributed by atoms with van der Waals surface area (Å²) >= 11 is 12.7. The molecule has 5 nitrogen and oxygen atoms in total. The summed E-state index contributed by atoms with van der Waals surface area (Å²) < 4.78 is 11.2. The fraction of sp³-hybridized carbons (Fsp3) is 0.111. The summed E-state index contributed by atoms with van der Waals surface area (Å²) in [5.74, 6) is 1.24. The Kier molecular flexibility index (Phi) is 4.76. The number of nitrogens with zero attached hydrogens (tertiary/aromatic N) is 1. The molecule has 0 spiro atoms. The van der Waals surface area contributed by atoms with Crippen molar-refractivity contribution in [2.45, 2.75) is 0 Å². The van der Waals surface area contributed by atoms with Gasteiger partial charge in [-0.3, -0.25) is 9.69 Å². The molecule has 1 amide bonds. The van der Waals surface area contributed by atoms with Crippen molar-refractivity contribution >= 4 is 57.6 Å². The number of fused-ring (bicyclic) bond motifs is 1. The quantitative estimate of drug-likeness (QED) is 0.604. The maximum Gasteiger partial charge on any atom is 0.267 e. The number of hydrogen-bond acceptors (Lipinski definition) is 6. The number of thiocarbonyl (C=S) groups is 1. The van der Waals surface area contributed by atoms with Crippen LogP contribution in [-0.4, -0.2) is 28.6 Å². The van der Waals surface area contributed by atoms with Gasteiger partial charge in [0.05, 0.1) is 22.3 Å². The summed E-state index contributed by atoms with van der Waals surface area (Å²) in [5.41, 5.74) is 1.61. The number of para-hydroxylation sites is 1. The number of amides is 1. The predicted octanol–water partition coefficient (Wildman–Crippen LogP) is 4.34. The second-order valence-electron chi connectivity index (χ2n) is 5.54. The first-order chi connectivity index (χ1) is 12.6. The van der Waals surface area contributed by atoms with Crippen LogP contribution in [-0.2, 0) is 4.79 Å². The average Bonchev–Trinajstić information content (AvgIpc) is 3.19. The van der Waals surface area contributed by atoms with Crippen molar-refractivity contribution in [1.82, 2.24) is 4.90 Å². The first-order valence-corrected chi connectivity index (χ1v) is 9.35. The monoisotopic (exact) mass is 404 g/mol. The van der Waals surface area contributed by atoms with Crippen molar-refractivity contribution in [3.05, 3.63) is 58.0 Å². The smallest absolute Gasteiger partial charge is 0.267 e. The molecule has 0 aliphatic carbocycles. The summed E-state index contributed by atoms with van der Waals surface area (Å²) in [4.78, 5) is 14.8. The highest BCUT2D eigenvalue weighted by molar-refractivity contribution is 8.26. The maximum atomic E-state index is 12.7. The lowest BCUT2D eigenvalue weighted by Gasteiger charge is -2.16. The van der Waals surface area contributed by atoms with Gasteiger partial charge in [0.2, 0.25) is 6.79 Å². The largest absolute Gasteiger partial charge is 0.454 e. The van der Waals surface area contributed by atoms with Crippen LogP contribution in [0.5, 0.6) is 11.5 Å². The standard InChI is InChI=1S/C18H13ClN2O3S2/c19-12-3-1-2-4-13(12)20-9-21-17(22)16(26-18(21)25)8-11-5-6-14-15(7-11)24-10-23-14/h1-8,20H,9-10H2/b16-8+. The average molecular weight is 405 g/mol. The third-order valence-corrected chi connectivity index (χ3v) is 5.58. The van der Waals surface area contributed by atoms with Crippen LogP contribution in [0.4, 0.5) is 5.69 Å². The lowest BCUT2D eigenvalue weighted by molar-refractivity contribution is -0.121. The van der Waals surface area contributed by atoms with E-state index in [9.17, 15) is 4.79 Å². The second-order valence-corrected chi connectivity index (χ2v) is 7.62. The van der Waals surface area contributed by atoms with Gasteiger partial charge in [-0.25, -0.2) is 0 Å². The fourth-order valence-electron chi connectivity index (χ4n) is 2.56. The van der Waals surface area contributed by atoms with E-state index >= 15 is 0 Å². The number of halogens is 1. The van der Waals surface area contributed by atoms with Gasteiger partial charge < -0.3 is 14.8 Å². The maximum absolute atomic E-state index is 12.7. The van der Waals surface area contributed by atoms with E-state index in [1.54, 1.807) is 12.1 Å². The SMILES string of the molecule is O=C1/C(=C\c2ccc3c(c2)OCO3)SC(=S)N1CNc1ccccc1Cl. The van der Waals surface area contributed by atoms with Gasteiger partial charge in [0.25, 0.3) is 5.91 Å². The van der Waals surface area contributed by atoms with Gasteiger partial charge in [-0.05, 0) is 35.9 Å².